The van der Waals surface area contributed by atoms with Gasteiger partial charge in [0.2, 0.25) is 0 Å². The Bertz CT molecular complexity index is 74.1. The normalized spacial score (nSPS) is 3.30. The van der Waals surface area contributed by atoms with Crippen molar-refractivity contribution in [3.63, 3.8) is 0 Å². The van der Waals surface area contributed by atoms with E-state index in [4.69, 9.17) is 11.5 Å². The molecule has 0 aliphatic heterocycles. The summed E-state index contributed by atoms with van der Waals surface area (Å²) in [4.78, 5) is 0. The van der Waals surface area contributed by atoms with Crippen LogP contribution in [-0.4, -0.2) is 32.9 Å². The zero-order chi connectivity index (χ0) is 3.58. The van der Waals surface area contributed by atoms with E-state index in [9.17, 15) is 0 Å². The molecule has 0 unspecified atom stereocenters. The molecule has 0 spiro atoms. The van der Waals surface area contributed by atoms with Crippen molar-refractivity contribution in [3.8, 4) is 0 Å². The maximum atomic E-state index is 8.50. The Morgan fingerprint density at radius 3 is 0.500 bits per heavy atom. The van der Waals surface area contributed by atoms with Crippen LogP contribution in [0.15, 0.2) is 0 Å². The monoisotopic (exact) mass is 212 g/mol. The van der Waals surface area contributed by atoms with E-state index in [-0.39, 0.29) is 32.9 Å². The second-order valence-corrected chi connectivity index (χ2v) is 0.729. The van der Waals surface area contributed by atoms with Gasteiger partial charge >= 0.3 is 25.2 Å². The zero-order valence-corrected chi connectivity index (χ0v) is 5.68. The van der Waals surface area contributed by atoms with Crippen molar-refractivity contribution in [1.82, 2.24) is 0 Å². The zero-order valence-electron chi connectivity index (χ0n) is 4.58. The molecule has 0 fully saturated rings. The summed E-state index contributed by atoms with van der Waals surface area (Å²) in [5, 5.41) is 0. The molecule has 10 heavy (non-hydrogen) atoms. The molecule has 0 aromatic rings. The summed E-state index contributed by atoms with van der Waals surface area (Å²) in [6.45, 7) is 0. The van der Waals surface area contributed by atoms with Crippen LogP contribution >= 0.6 is 0 Å². The van der Waals surface area contributed by atoms with Gasteiger partial charge in [0.15, 0.2) is 0 Å². The molecule has 0 rings (SSSR count). The molecule has 0 amide bonds. The third-order valence-electron chi connectivity index (χ3n) is 0. The fraction of sp³-hybridized carbons (Fsp3) is 0. The quantitative estimate of drug-likeness (QED) is 0.357. The van der Waals surface area contributed by atoms with E-state index in [1.165, 1.54) is 0 Å². The maximum absolute atomic E-state index is 8.50. The van der Waals surface area contributed by atoms with Gasteiger partial charge in [0.1, 0.15) is 0 Å². The van der Waals surface area contributed by atoms with Gasteiger partial charge in [-0.25, -0.2) is 0 Å². The van der Waals surface area contributed by atoms with Crippen molar-refractivity contribution in [2.45, 2.75) is 0 Å². The van der Waals surface area contributed by atoms with Crippen LogP contribution in [0.1, 0.15) is 0 Å². The van der Waals surface area contributed by atoms with Gasteiger partial charge in [0, 0.05) is 0 Å². The minimum absolute atomic E-state index is 0. The van der Waals surface area contributed by atoms with E-state index < -0.39 is 13.7 Å². The first kappa shape index (κ1) is 102. The van der Waals surface area contributed by atoms with Gasteiger partial charge in [-0.15, -0.1) is 0 Å². The summed E-state index contributed by atoms with van der Waals surface area (Å²) in [5.74, 6) is 0. The fourth-order valence-corrected chi connectivity index (χ4v) is 0. The summed E-state index contributed by atoms with van der Waals surface area (Å²) in [6.07, 6.45) is 0. The molecule has 0 saturated heterocycles. The van der Waals surface area contributed by atoms with Gasteiger partial charge in [-0.05, 0) is 0 Å². The summed E-state index contributed by atoms with van der Waals surface area (Å²) in [5.41, 5.74) is 0. The Balaban J connectivity index is -0.00000000300. The Morgan fingerprint density at radius 1 is 0.500 bits per heavy atom. The van der Waals surface area contributed by atoms with Gasteiger partial charge < -0.3 is 32.9 Å². The van der Waals surface area contributed by atoms with Crippen molar-refractivity contribution in [3.05, 3.63) is 0 Å². The summed E-state index contributed by atoms with van der Waals surface area (Å²) in [7, 11) is 0. The van der Waals surface area contributed by atoms with Crippen LogP contribution in [0.25, 0.3) is 0 Å². The molecule has 10 heteroatoms. The van der Waals surface area contributed by atoms with Gasteiger partial charge in [0.25, 0.3) is 0 Å². The average Bonchev–Trinajstić information content (AvgIpc) is 0.811. The number of hydrogen-bond acceptors (Lipinski definition) is 3. The van der Waals surface area contributed by atoms with Crippen LogP contribution in [0.3, 0.4) is 0 Å². The van der Waals surface area contributed by atoms with Gasteiger partial charge in [0.05, 0.1) is 0 Å². The molecular weight excluding hydrogens is 200 g/mol. The van der Waals surface area contributed by atoms with Gasteiger partial charge in [-0.1, -0.05) is 0 Å². The van der Waals surface area contributed by atoms with Crippen molar-refractivity contribution in [2.24, 2.45) is 0 Å². The summed E-state index contributed by atoms with van der Waals surface area (Å²) >= 11 is -3.50. The predicted octanol–water partition coefficient (Wildman–Crippen LogP) is -5.31. The molecule has 0 bridgehead atoms. The van der Waals surface area contributed by atoms with Crippen LogP contribution in [-0.2, 0) is 25.2 Å². The molecule has 0 atom stereocenters. The van der Waals surface area contributed by atoms with Gasteiger partial charge in [-0.2, -0.15) is 0 Å². The van der Waals surface area contributed by atoms with E-state index in [1.807, 2.05) is 0 Å². The molecule has 0 saturated carbocycles. The Kier molecular flexibility index (Phi) is 724. The molecule has 12 N–H and O–H groups in total. The van der Waals surface area contributed by atoms with Crippen LogP contribution in [0.4, 0.5) is 0 Å². The van der Waals surface area contributed by atoms with Crippen LogP contribution in [0, 0.1) is 0 Å². The molecular formula is H12FeO9. The third kappa shape index (κ3) is 3340. The third-order valence-corrected chi connectivity index (χ3v) is 0. The minimum atomic E-state index is -3.50. The second-order valence-electron chi connectivity index (χ2n) is 0.177. The van der Waals surface area contributed by atoms with E-state index in [0.29, 0.717) is 0 Å². The molecule has 0 aromatic carbocycles. The molecule has 0 aromatic heterocycles. The van der Waals surface area contributed by atoms with Gasteiger partial charge in [-0.3, -0.25) is 0 Å². The topological polar surface area (TPSA) is 240 Å². The van der Waals surface area contributed by atoms with Crippen molar-refractivity contribution in [2.75, 3.05) is 0 Å². The number of hydrogen-bond donors (Lipinski definition) is 0. The van der Waals surface area contributed by atoms with E-state index in [1.54, 1.807) is 0 Å². The molecule has 0 heterocycles. The van der Waals surface area contributed by atoms with E-state index in [0.717, 1.165) is 0 Å². The van der Waals surface area contributed by atoms with Crippen molar-refractivity contribution < 1.29 is 58.1 Å². The first-order valence-electron chi connectivity index (χ1n) is 0.433. The Hall–Kier alpha value is -0.321. The first-order valence-corrected chi connectivity index (χ1v) is 1.79. The van der Waals surface area contributed by atoms with E-state index >= 15 is 0 Å². The molecule has 74 valence electrons. The fourth-order valence-electron chi connectivity index (χ4n) is 0. The Labute approximate surface area is 59.0 Å². The first-order chi connectivity index (χ1) is 1.73. The van der Waals surface area contributed by atoms with Crippen LogP contribution in [0.2, 0.25) is 0 Å². The molecule has 9 nitrogen and oxygen atoms in total. The molecule has 0 aliphatic carbocycles. The predicted molar refractivity (Wildman–Crippen MR) is 23.7 cm³/mol. The number of rotatable bonds is 0. The van der Waals surface area contributed by atoms with Crippen LogP contribution in [0.5, 0.6) is 0 Å². The van der Waals surface area contributed by atoms with Crippen molar-refractivity contribution in [1.29, 1.82) is 0 Å². The average molecular weight is 212 g/mol. The summed E-state index contributed by atoms with van der Waals surface area (Å²) < 4.78 is 25.5. The van der Waals surface area contributed by atoms with Crippen molar-refractivity contribution >= 4 is 0 Å². The Morgan fingerprint density at radius 2 is 0.500 bits per heavy atom. The molecule has 0 aliphatic rings. The SMILES string of the molecule is O.O.O.O.O.O.[O]=[Fe](=[O])=[O]. The molecule has 0 radical (unpaired) electrons. The van der Waals surface area contributed by atoms with E-state index in [2.05, 4.69) is 0 Å². The summed E-state index contributed by atoms with van der Waals surface area (Å²) in [6, 6.07) is 0. The second kappa shape index (κ2) is 71.3. The van der Waals surface area contributed by atoms with Crippen LogP contribution < -0.4 is 0 Å². The standard InChI is InChI=1S/Fe.6H2O.3O/h;6*1H2;;;.